The molecule has 19 heavy (non-hydrogen) atoms. The summed E-state index contributed by atoms with van der Waals surface area (Å²) in [5, 5.41) is 10.7. The standard InChI is InChI=1S/C16H19NO2/c18-16(17-10-12-19-13-11-17)8-6-15(7-9-16)14-4-2-1-3-5-14/h1-8,18H,9-13H2. The predicted molar refractivity (Wildman–Crippen MR) is 75.5 cm³/mol. The third kappa shape index (κ3) is 2.63. The van der Waals surface area contributed by atoms with E-state index in [9.17, 15) is 5.11 Å². The van der Waals surface area contributed by atoms with Crippen molar-refractivity contribution in [3.8, 4) is 0 Å². The van der Waals surface area contributed by atoms with Crippen molar-refractivity contribution in [1.29, 1.82) is 0 Å². The van der Waals surface area contributed by atoms with E-state index in [1.54, 1.807) is 0 Å². The fourth-order valence-electron chi connectivity index (χ4n) is 2.65. The molecular weight excluding hydrogens is 238 g/mol. The van der Waals surface area contributed by atoms with Gasteiger partial charge < -0.3 is 9.84 Å². The Morgan fingerprint density at radius 1 is 1.11 bits per heavy atom. The molecule has 3 heteroatoms. The van der Waals surface area contributed by atoms with Gasteiger partial charge in [-0.15, -0.1) is 0 Å². The molecule has 100 valence electrons. The number of ether oxygens (including phenoxy) is 1. The summed E-state index contributed by atoms with van der Waals surface area (Å²) in [6.45, 7) is 2.97. The quantitative estimate of drug-likeness (QED) is 0.880. The first kappa shape index (κ1) is 12.6. The first-order chi connectivity index (χ1) is 9.28. The van der Waals surface area contributed by atoms with E-state index in [1.165, 1.54) is 11.1 Å². The Morgan fingerprint density at radius 2 is 1.84 bits per heavy atom. The SMILES string of the molecule is OC1(N2CCOCC2)C=CC(c2ccccc2)=CC1. The van der Waals surface area contributed by atoms with Crippen molar-refractivity contribution in [3.05, 3.63) is 54.1 Å². The second-order valence-corrected chi connectivity index (χ2v) is 5.04. The zero-order valence-corrected chi connectivity index (χ0v) is 11.0. The van der Waals surface area contributed by atoms with Crippen molar-refractivity contribution >= 4 is 5.57 Å². The molecule has 1 aromatic carbocycles. The molecule has 1 N–H and O–H groups in total. The molecule has 0 bridgehead atoms. The normalized spacial score (nSPS) is 28.2. The lowest BCUT2D eigenvalue weighted by atomic mass is 9.93. The largest absolute Gasteiger partial charge is 0.379 e. The number of allylic oxidation sites excluding steroid dienone is 2. The van der Waals surface area contributed by atoms with Crippen LogP contribution in [0.3, 0.4) is 0 Å². The van der Waals surface area contributed by atoms with Gasteiger partial charge in [-0.25, -0.2) is 0 Å². The van der Waals surface area contributed by atoms with E-state index in [2.05, 4.69) is 23.1 Å². The average Bonchev–Trinajstić information content (AvgIpc) is 2.50. The second kappa shape index (κ2) is 5.29. The van der Waals surface area contributed by atoms with E-state index in [1.807, 2.05) is 30.4 Å². The molecule has 2 aliphatic rings. The van der Waals surface area contributed by atoms with Crippen LogP contribution in [0.5, 0.6) is 0 Å². The van der Waals surface area contributed by atoms with Crippen molar-refractivity contribution in [2.24, 2.45) is 0 Å². The van der Waals surface area contributed by atoms with Gasteiger partial charge in [-0.05, 0) is 17.2 Å². The first-order valence-electron chi connectivity index (χ1n) is 6.78. The molecule has 1 aromatic rings. The van der Waals surface area contributed by atoms with Crippen LogP contribution in [-0.2, 0) is 4.74 Å². The Balaban J connectivity index is 1.74. The van der Waals surface area contributed by atoms with Gasteiger partial charge in [0.15, 0.2) is 0 Å². The molecule has 1 aliphatic heterocycles. The van der Waals surface area contributed by atoms with Crippen LogP contribution in [0, 0.1) is 0 Å². The highest BCUT2D eigenvalue weighted by Crippen LogP contribution is 2.29. The Hall–Kier alpha value is -1.42. The number of morpholine rings is 1. The van der Waals surface area contributed by atoms with Crippen LogP contribution in [0.2, 0.25) is 0 Å². The van der Waals surface area contributed by atoms with Gasteiger partial charge in [0.25, 0.3) is 0 Å². The van der Waals surface area contributed by atoms with Gasteiger partial charge in [0.05, 0.1) is 13.2 Å². The summed E-state index contributed by atoms with van der Waals surface area (Å²) in [7, 11) is 0. The van der Waals surface area contributed by atoms with Crippen molar-refractivity contribution in [2.45, 2.75) is 12.1 Å². The van der Waals surface area contributed by atoms with Crippen LogP contribution >= 0.6 is 0 Å². The summed E-state index contributed by atoms with van der Waals surface area (Å²) in [5.74, 6) is 0. The van der Waals surface area contributed by atoms with E-state index in [0.717, 1.165) is 13.1 Å². The Morgan fingerprint density at radius 3 is 2.47 bits per heavy atom. The number of benzene rings is 1. The molecule has 0 aromatic heterocycles. The van der Waals surface area contributed by atoms with Crippen LogP contribution in [0.15, 0.2) is 48.6 Å². The smallest absolute Gasteiger partial charge is 0.141 e. The summed E-state index contributed by atoms with van der Waals surface area (Å²) in [6.07, 6.45) is 6.69. The van der Waals surface area contributed by atoms with Crippen molar-refractivity contribution in [1.82, 2.24) is 4.90 Å². The van der Waals surface area contributed by atoms with E-state index < -0.39 is 5.72 Å². The number of hydrogen-bond acceptors (Lipinski definition) is 3. The highest BCUT2D eigenvalue weighted by atomic mass is 16.5. The fourth-order valence-corrected chi connectivity index (χ4v) is 2.65. The molecule has 0 amide bonds. The minimum atomic E-state index is -0.845. The third-order valence-electron chi connectivity index (χ3n) is 3.82. The molecular formula is C16H19NO2. The van der Waals surface area contributed by atoms with Crippen molar-refractivity contribution in [2.75, 3.05) is 26.3 Å². The van der Waals surface area contributed by atoms with Crippen molar-refractivity contribution in [3.63, 3.8) is 0 Å². The van der Waals surface area contributed by atoms with Gasteiger partial charge >= 0.3 is 0 Å². The highest BCUT2D eigenvalue weighted by molar-refractivity contribution is 5.75. The number of hydrogen-bond donors (Lipinski definition) is 1. The van der Waals surface area contributed by atoms with Crippen LogP contribution in [0.1, 0.15) is 12.0 Å². The van der Waals surface area contributed by atoms with Crippen LogP contribution < -0.4 is 0 Å². The third-order valence-corrected chi connectivity index (χ3v) is 3.82. The molecule has 1 aliphatic carbocycles. The maximum Gasteiger partial charge on any atom is 0.141 e. The first-order valence-corrected chi connectivity index (χ1v) is 6.78. The Bertz CT molecular complexity index is 489. The summed E-state index contributed by atoms with van der Waals surface area (Å²) < 4.78 is 5.33. The van der Waals surface area contributed by atoms with Gasteiger partial charge in [-0.1, -0.05) is 42.5 Å². The Labute approximate surface area is 113 Å². The van der Waals surface area contributed by atoms with Gasteiger partial charge in [0.1, 0.15) is 5.72 Å². The lowest BCUT2D eigenvalue weighted by Crippen LogP contribution is -2.52. The van der Waals surface area contributed by atoms with Gasteiger partial charge in [-0.3, -0.25) is 4.90 Å². The zero-order chi connectivity index (χ0) is 13.1. The minimum Gasteiger partial charge on any atom is -0.379 e. The van der Waals surface area contributed by atoms with E-state index in [4.69, 9.17) is 4.74 Å². The summed E-state index contributed by atoms with van der Waals surface area (Å²) in [4.78, 5) is 2.09. The zero-order valence-electron chi connectivity index (χ0n) is 11.0. The lowest BCUT2D eigenvalue weighted by Gasteiger charge is -2.40. The van der Waals surface area contributed by atoms with Crippen LogP contribution in [0.25, 0.3) is 5.57 Å². The molecule has 1 saturated heterocycles. The monoisotopic (exact) mass is 257 g/mol. The second-order valence-electron chi connectivity index (χ2n) is 5.04. The molecule has 1 fully saturated rings. The van der Waals surface area contributed by atoms with Gasteiger partial charge in [-0.2, -0.15) is 0 Å². The van der Waals surface area contributed by atoms with E-state index >= 15 is 0 Å². The summed E-state index contributed by atoms with van der Waals surface area (Å²) >= 11 is 0. The summed E-state index contributed by atoms with van der Waals surface area (Å²) in [6, 6.07) is 10.3. The molecule has 1 unspecified atom stereocenters. The average molecular weight is 257 g/mol. The number of rotatable bonds is 2. The molecule has 1 heterocycles. The van der Waals surface area contributed by atoms with Crippen LogP contribution in [-0.4, -0.2) is 42.0 Å². The molecule has 1 atom stereocenters. The molecule has 3 nitrogen and oxygen atoms in total. The predicted octanol–water partition coefficient (Wildman–Crippen LogP) is 2.05. The molecule has 0 saturated carbocycles. The topological polar surface area (TPSA) is 32.7 Å². The van der Waals surface area contributed by atoms with E-state index in [-0.39, 0.29) is 0 Å². The maximum atomic E-state index is 10.7. The van der Waals surface area contributed by atoms with Crippen LogP contribution in [0.4, 0.5) is 0 Å². The fraction of sp³-hybridized carbons (Fsp3) is 0.375. The lowest BCUT2D eigenvalue weighted by molar-refractivity contribution is -0.107. The molecule has 0 spiro atoms. The highest BCUT2D eigenvalue weighted by Gasteiger charge is 2.33. The number of nitrogens with zero attached hydrogens (tertiary/aromatic N) is 1. The van der Waals surface area contributed by atoms with Gasteiger partial charge in [0, 0.05) is 19.5 Å². The Kier molecular flexibility index (Phi) is 3.51. The van der Waals surface area contributed by atoms with E-state index in [0.29, 0.717) is 19.6 Å². The molecule has 3 rings (SSSR count). The summed E-state index contributed by atoms with van der Waals surface area (Å²) in [5.41, 5.74) is 1.53. The number of aliphatic hydroxyl groups is 1. The maximum absolute atomic E-state index is 10.7. The van der Waals surface area contributed by atoms with Gasteiger partial charge in [0.2, 0.25) is 0 Å². The van der Waals surface area contributed by atoms with Crippen molar-refractivity contribution < 1.29 is 9.84 Å². The minimum absolute atomic E-state index is 0.633. The molecule has 0 radical (unpaired) electrons.